The van der Waals surface area contributed by atoms with Crippen molar-refractivity contribution >= 4 is 29.1 Å². The summed E-state index contributed by atoms with van der Waals surface area (Å²) in [5.41, 5.74) is 1.57. The van der Waals surface area contributed by atoms with Crippen molar-refractivity contribution in [3.8, 4) is 0 Å². The van der Waals surface area contributed by atoms with Crippen molar-refractivity contribution < 1.29 is 14.0 Å². The Bertz CT molecular complexity index is 905. The quantitative estimate of drug-likeness (QED) is 0.747. The molecule has 2 aromatic carbocycles. The standard InChI is InChI=1S/C23H25ClFN3O2/c24-19-2-1-3-21(16-19)26-12-14-28(15-13-26)23(30)18-8-10-27(11-9-18)22(29)17-4-6-20(25)7-5-17/h1-7,16,18H,8-15H2. The van der Waals surface area contributed by atoms with Crippen LogP contribution in [-0.4, -0.2) is 60.9 Å². The fourth-order valence-corrected chi connectivity index (χ4v) is 4.41. The van der Waals surface area contributed by atoms with Gasteiger partial charge in [0.25, 0.3) is 5.91 Å². The molecule has 0 bridgehead atoms. The normalized spacial score (nSPS) is 17.9. The number of rotatable bonds is 3. The van der Waals surface area contributed by atoms with E-state index in [9.17, 15) is 14.0 Å². The molecule has 2 saturated heterocycles. The zero-order chi connectivity index (χ0) is 21.1. The number of amides is 2. The van der Waals surface area contributed by atoms with Gasteiger partial charge in [-0.1, -0.05) is 17.7 Å². The van der Waals surface area contributed by atoms with Crippen LogP contribution in [-0.2, 0) is 4.79 Å². The predicted octanol–water partition coefficient (Wildman–Crippen LogP) is 3.68. The van der Waals surface area contributed by atoms with E-state index in [4.69, 9.17) is 11.6 Å². The molecule has 2 amide bonds. The van der Waals surface area contributed by atoms with Crippen molar-refractivity contribution in [1.82, 2.24) is 9.80 Å². The number of likely N-dealkylation sites (tertiary alicyclic amines) is 1. The Balaban J connectivity index is 1.27. The van der Waals surface area contributed by atoms with E-state index in [1.807, 2.05) is 29.2 Å². The van der Waals surface area contributed by atoms with Crippen LogP contribution in [0.15, 0.2) is 48.5 Å². The molecule has 5 nitrogen and oxygen atoms in total. The molecule has 0 aromatic heterocycles. The van der Waals surface area contributed by atoms with E-state index in [0.717, 1.165) is 18.8 Å². The molecule has 4 rings (SSSR count). The minimum Gasteiger partial charge on any atom is -0.368 e. The maximum atomic E-state index is 13.1. The lowest BCUT2D eigenvalue weighted by Crippen LogP contribution is -2.52. The number of carbonyl (C=O) groups excluding carboxylic acids is 2. The van der Waals surface area contributed by atoms with Gasteiger partial charge in [-0.25, -0.2) is 4.39 Å². The Kier molecular flexibility index (Phi) is 6.23. The molecule has 0 unspecified atom stereocenters. The Morgan fingerprint density at radius 3 is 2.17 bits per heavy atom. The summed E-state index contributed by atoms with van der Waals surface area (Å²) in [6.45, 7) is 4.06. The van der Waals surface area contributed by atoms with Gasteiger partial charge < -0.3 is 14.7 Å². The zero-order valence-corrected chi connectivity index (χ0v) is 17.5. The number of carbonyl (C=O) groups is 2. The number of anilines is 1. The van der Waals surface area contributed by atoms with Crippen LogP contribution in [0.5, 0.6) is 0 Å². The first kappa shape index (κ1) is 20.7. The SMILES string of the molecule is O=C(c1ccc(F)cc1)N1CCC(C(=O)N2CCN(c3cccc(Cl)c3)CC2)CC1. The molecule has 0 radical (unpaired) electrons. The van der Waals surface area contributed by atoms with E-state index in [0.29, 0.717) is 49.6 Å². The van der Waals surface area contributed by atoms with Gasteiger partial charge in [-0.05, 0) is 55.3 Å². The topological polar surface area (TPSA) is 43.9 Å². The summed E-state index contributed by atoms with van der Waals surface area (Å²) >= 11 is 6.09. The van der Waals surface area contributed by atoms with Gasteiger partial charge in [-0.2, -0.15) is 0 Å². The Morgan fingerprint density at radius 2 is 1.53 bits per heavy atom. The largest absolute Gasteiger partial charge is 0.368 e. The van der Waals surface area contributed by atoms with Crippen LogP contribution >= 0.6 is 11.6 Å². The minimum absolute atomic E-state index is 0.0417. The van der Waals surface area contributed by atoms with Crippen LogP contribution in [0.2, 0.25) is 5.02 Å². The maximum Gasteiger partial charge on any atom is 0.253 e. The molecular formula is C23H25ClFN3O2. The molecule has 2 aliphatic heterocycles. The van der Waals surface area contributed by atoms with Crippen molar-refractivity contribution in [3.63, 3.8) is 0 Å². The van der Waals surface area contributed by atoms with Gasteiger partial charge >= 0.3 is 0 Å². The van der Waals surface area contributed by atoms with E-state index < -0.39 is 0 Å². The molecule has 2 aliphatic rings. The molecule has 0 saturated carbocycles. The second kappa shape index (κ2) is 9.04. The summed E-state index contributed by atoms with van der Waals surface area (Å²) in [4.78, 5) is 31.5. The van der Waals surface area contributed by atoms with Crippen molar-refractivity contribution in [3.05, 3.63) is 64.9 Å². The van der Waals surface area contributed by atoms with Crippen LogP contribution in [0.25, 0.3) is 0 Å². The van der Waals surface area contributed by atoms with Crippen LogP contribution in [0, 0.1) is 11.7 Å². The number of piperazine rings is 1. The van der Waals surface area contributed by atoms with Crippen LogP contribution in [0.3, 0.4) is 0 Å². The Hall–Kier alpha value is -2.60. The van der Waals surface area contributed by atoms with Gasteiger partial charge in [0.1, 0.15) is 5.82 Å². The number of hydrogen-bond donors (Lipinski definition) is 0. The third kappa shape index (κ3) is 4.59. The first-order chi connectivity index (χ1) is 14.5. The molecule has 0 atom stereocenters. The average molecular weight is 430 g/mol. The monoisotopic (exact) mass is 429 g/mol. The van der Waals surface area contributed by atoms with Gasteiger partial charge in [0.15, 0.2) is 0 Å². The fraction of sp³-hybridized carbons (Fsp3) is 0.391. The van der Waals surface area contributed by atoms with Gasteiger partial charge in [0.05, 0.1) is 0 Å². The summed E-state index contributed by atoms with van der Waals surface area (Å²) in [6.07, 6.45) is 1.33. The van der Waals surface area contributed by atoms with E-state index in [1.165, 1.54) is 24.3 Å². The molecule has 0 spiro atoms. The Labute approximate surface area is 181 Å². The van der Waals surface area contributed by atoms with Crippen LogP contribution in [0.1, 0.15) is 23.2 Å². The summed E-state index contributed by atoms with van der Waals surface area (Å²) in [5, 5.41) is 0.716. The zero-order valence-electron chi connectivity index (χ0n) is 16.8. The molecule has 158 valence electrons. The molecule has 2 aromatic rings. The molecular weight excluding hydrogens is 405 g/mol. The lowest BCUT2D eigenvalue weighted by molar-refractivity contribution is -0.137. The van der Waals surface area contributed by atoms with E-state index in [-0.39, 0.29) is 23.5 Å². The van der Waals surface area contributed by atoms with Crippen LogP contribution in [0.4, 0.5) is 10.1 Å². The number of nitrogens with zero attached hydrogens (tertiary/aromatic N) is 3. The first-order valence-electron chi connectivity index (χ1n) is 10.4. The number of hydrogen-bond acceptors (Lipinski definition) is 3. The summed E-state index contributed by atoms with van der Waals surface area (Å²) in [6, 6.07) is 13.4. The first-order valence-corrected chi connectivity index (χ1v) is 10.7. The summed E-state index contributed by atoms with van der Waals surface area (Å²) in [5.74, 6) is -0.308. The molecule has 0 N–H and O–H groups in total. The van der Waals surface area contributed by atoms with Gasteiger partial charge in [0.2, 0.25) is 5.91 Å². The van der Waals surface area contributed by atoms with Gasteiger partial charge in [0, 0.05) is 61.5 Å². The van der Waals surface area contributed by atoms with Crippen molar-refractivity contribution in [1.29, 1.82) is 0 Å². The lowest BCUT2D eigenvalue weighted by Gasteiger charge is -2.39. The fourth-order valence-electron chi connectivity index (χ4n) is 4.22. The highest BCUT2D eigenvalue weighted by atomic mass is 35.5. The number of benzene rings is 2. The second-order valence-corrected chi connectivity index (χ2v) is 8.30. The molecule has 2 fully saturated rings. The molecule has 2 heterocycles. The van der Waals surface area contributed by atoms with Gasteiger partial charge in [-0.3, -0.25) is 9.59 Å². The maximum absolute atomic E-state index is 13.1. The molecule has 7 heteroatoms. The third-order valence-corrected chi connectivity index (χ3v) is 6.22. The van der Waals surface area contributed by atoms with E-state index in [1.54, 1.807) is 4.90 Å². The van der Waals surface area contributed by atoms with Crippen molar-refractivity contribution in [2.45, 2.75) is 12.8 Å². The minimum atomic E-state index is -0.355. The summed E-state index contributed by atoms with van der Waals surface area (Å²) < 4.78 is 13.1. The molecule has 0 aliphatic carbocycles. The smallest absolute Gasteiger partial charge is 0.253 e. The highest BCUT2D eigenvalue weighted by Gasteiger charge is 2.32. The van der Waals surface area contributed by atoms with Crippen molar-refractivity contribution in [2.24, 2.45) is 5.92 Å². The van der Waals surface area contributed by atoms with Crippen molar-refractivity contribution in [2.75, 3.05) is 44.2 Å². The second-order valence-electron chi connectivity index (χ2n) is 7.87. The highest BCUT2D eigenvalue weighted by molar-refractivity contribution is 6.30. The van der Waals surface area contributed by atoms with Gasteiger partial charge in [-0.15, -0.1) is 0 Å². The summed E-state index contributed by atoms with van der Waals surface area (Å²) in [7, 11) is 0. The third-order valence-electron chi connectivity index (χ3n) is 5.99. The van der Waals surface area contributed by atoms with E-state index >= 15 is 0 Å². The van der Waals surface area contributed by atoms with E-state index in [2.05, 4.69) is 4.90 Å². The lowest BCUT2D eigenvalue weighted by atomic mass is 9.94. The highest BCUT2D eigenvalue weighted by Crippen LogP contribution is 2.24. The Morgan fingerprint density at radius 1 is 0.867 bits per heavy atom. The molecule has 30 heavy (non-hydrogen) atoms. The number of piperidine rings is 1. The van der Waals surface area contributed by atoms with Crippen LogP contribution < -0.4 is 4.90 Å². The predicted molar refractivity (Wildman–Crippen MR) is 115 cm³/mol. The number of halogens is 2. The average Bonchev–Trinajstić information content (AvgIpc) is 2.79.